The summed E-state index contributed by atoms with van der Waals surface area (Å²) in [5, 5.41) is 4.29. The maximum Gasteiger partial charge on any atom is 0.271 e. The van der Waals surface area contributed by atoms with Crippen molar-refractivity contribution in [3.63, 3.8) is 0 Å². The second-order valence-corrected chi connectivity index (χ2v) is 5.33. The van der Waals surface area contributed by atoms with Crippen LogP contribution in [0.25, 0.3) is 11.3 Å². The lowest BCUT2D eigenvalue weighted by Crippen LogP contribution is -2.17. The third-order valence-electron chi connectivity index (χ3n) is 3.21. The predicted octanol–water partition coefficient (Wildman–Crippen LogP) is 4.50. The minimum Gasteiger partial charge on any atom is -0.455 e. The predicted molar refractivity (Wildman–Crippen MR) is 90.6 cm³/mol. The van der Waals surface area contributed by atoms with Crippen LogP contribution in [0.2, 0.25) is 5.02 Å². The van der Waals surface area contributed by atoms with Crippen LogP contribution in [0.4, 0.5) is 4.39 Å². The number of nitrogens with zero attached hydrogens (tertiary/aromatic N) is 1. The van der Waals surface area contributed by atoms with Gasteiger partial charge in [0.05, 0.1) is 11.8 Å². The monoisotopic (exact) mass is 342 g/mol. The molecule has 1 aromatic heterocycles. The van der Waals surface area contributed by atoms with Gasteiger partial charge in [-0.3, -0.25) is 4.79 Å². The number of hydrazone groups is 1. The number of rotatable bonds is 4. The van der Waals surface area contributed by atoms with Crippen LogP contribution in [0, 0.1) is 5.82 Å². The summed E-state index contributed by atoms with van der Waals surface area (Å²) in [6.07, 6.45) is 1.34. The number of nitrogens with one attached hydrogen (secondary N) is 1. The van der Waals surface area contributed by atoms with Gasteiger partial charge in [-0.2, -0.15) is 5.10 Å². The molecule has 120 valence electrons. The van der Waals surface area contributed by atoms with E-state index in [-0.39, 0.29) is 5.82 Å². The average Bonchev–Trinajstić information content (AvgIpc) is 3.04. The van der Waals surface area contributed by atoms with E-state index < -0.39 is 5.91 Å². The van der Waals surface area contributed by atoms with E-state index in [1.54, 1.807) is 48.5 Å². The fourth-order valence-electron chi connectivity index (χ4n) is 2.08. The van der Waals surface area contributed by atoms with Crippen molar-refractivity contribution in [2.24, 2.45) is 5.10 Å². The Labute approximate surface area is 142 Å². The van der Waals surface area contributed by atoms with Gasteiger partial charge in [0.25, 0.3) is 5.91 Å². The molecule has 1 N–H and O–H groups in total. The van der Waals surface area contributed by atoms with Crippen LogP contribution in [0.15, 0.2) is 70.2 Å². The first-order chi connectivity index (χ1) is 11.6. The molecule has 3 rings (SSSR count). The summed E-state index contributed by atoms with van der Waals surface area (Å²) in [7, 11) is 0. The van der Waals surface area contributed by atoms with Crippen molar-refractivity contribution < 1.29 is 13.6 Å². The Morgan fingerprint density at radius 1 is 1.12 bits per heavy atom. The van der Waals surface area contributed by atoms with Crippen LogP contribution in [0.3, 0.4) is 0 Å². The topological polar surface area (TPSA) is 54.6 Å². The Balaban J connectivity index is 1.68. The van der Waals surface area contributed by atoms with Crippen LogP contribution in [0.1, 0.15) is 16.1 Å². The van der Waals surface area contributed by atoms with E-state index in [0.717, 1.165) is 0 Å². The first-order valence-electron chi connectivity index (χ1n) is 7.07. The highest BCUT2D eigenvalue weighted by Gasteiger charge is 2.08. The molecule has 6 heteroatoms. The maximum absolute atomic E-state index is 13.7. The smallest absolute Gasteiger partial charge is 0.271 e. The van der Waals surface area contributed by atoms with Gasteiger partial charge in [-0.15, -0.1) is 0 Å². The van der Waals surface area contributed by atoms with Crippen LogP contribution < -0.4 is 5.43 Å². The Bertz CT molecular complexity index is 905. The lowest BCUT2D eigenvalue weighted by molar-refractivity contribution is 0.0955. The Morgan fingerprint density at radius 3 is 2.75 bits per heavy atom. The zero-order valence-electron chi connectivity index (χ0n) is 12.4. The molecule has 0 radical (unpaired) electrons. The summed E-state index contributed by atoms with van der Waals surface area (Å²) in [6.45, 7) is 0. The minimum absolute atomic E-state index is 0.361. The van der Waals surface area contributed by atoms with Crippen LogP contribution in [-0.2, 0) is 0 Å². The molecule has 0 saturated heterocycles. The molecule has 0 fully saturated rings. The highest BCUT2D eigenvalue weighted by Crippen LogP contribution is 2.24. The normalized spacial score (nSPS) is 10.9. The molecule has 0 aliphatic heterocycles. The summed E-state index contributed by atoms with van der Waals surface area (Å²) >= 11 is 5.83. The third kappa shape index (κ3) is 3.70. The van der Waals surface area contributed by atoms with E-state index in [2.05, 4.69) is 10.5 Å². The van der Waals surface area contributed by atoms with Crippen molar-refractivity contribution >= 4 is 23.7 Å². The molecular formula is C18H12ClFN2O2. The van der Waals surface area contributed by atoms with Crippen LogP contribution in [0.5, 0.6) is 0 Å². The van der Waals surface area contributed by atoms with Gasteiger partial charge >= 0.3 is 0 Å². The highest BCUT2D eigenvalue weighted by atomic mass is 35.5. The number of carbonyl (C=O) groups is 1. The Hall–Kier alpha value is -2.92. The van der Waals surface area contributed by atoms with Gasteiger partial charge in [0.15, 0.2) is 0 Å². The summed E-state index contributed by atoms with van der Waals surface area (Å²) in [6, 6.07) is 16.1. The standard InChI is InChI=1S/C18H12ClFN2O2/c19-13-5-3-4-12(10-13)18(23)22-21-11-14-8-9-17(24-14)15-6-1-2-7-16(15)20/h1-11H,(H,22,23)/b21-11-. The minimum atomic E-state index is -0.394. The second kappa shape index (κ2) is 7.10. The number of hydrogen-bond acceptors (Lipinski definition) is 3. The maximum atomic E-state index is 13.7. The van der Waals surface area contributed by atoms with Crippen molar-refractivity contribution in [1.82, 2.24) is 5.43 Å². The molecule has 0 aliphatic rings. The number of hydrogen-bond donors (Lipinski definition) is 1. The summed E-state index contributed by atoms with van der Waals surface area (Å²) in [5.41, 5.74) is 3.13. The average molecular weight is 343 g/mol. The second-order valence-electron chi connectivity index (χ2n) is 4.89. The molecule has 4 nitrogen and oxygen atoms in total. The molecule has 3 aromatic rings. The van der Waals surface area contributed by atoms with Crippen molar-refractivity contribution in [3.8, 4) is 11.3 Å². The van der Waals surface area contributed by atoms with Crippen LogP contribution >= 0.6 is 11.6 Å². The largest absolute Gasteiger partial charge is 0.455 e. The van der Waals surface area contributed by atoms with E-state index in [1.807, 2.05) is 0 Å². The van der Waals surface area contributed by atoms with Crippen LogP contribution in [-0.4, -0.2) is 12.1 Å². The fourth-order valence-corrected chi connectivity index (χ4v) is 2.27. The zero-order valence-corrected chi connectivity index (χ0v) is 13.1. The molecule has 0 unspecified atom stereocenters. The molecule has 1 amide bonds. The first kappa shape index (κ1) is 16.0. The Kier molecular flexibility index (Phi) is 4.72. The van der Waals surface area contributed by atoms with Gasteiger partial charge in [0.1, 0.15) is 17.3 Å². The molecule has 0 atom stereocenters. The number of halogens is 2. The van der Waals surface area contributed by atoms with E-state index in [9.17, 15) is 9.18 Å². The van der Waals surface area contributed by atoms with Gasteiger partial charge in [-0.05, 0) is 42.5 Å². The molecule has 0 aliphatic carbocycles. The molecule has 0 bridgehead atoms. The summed E-state index contributed by atoms with van der Waals surface area (Å²) in [5.74, 6) is 0.00889. The summed E-state index contributed by atoms with van der Waals surface area (Å²) < 4.78 is 19.2. The van der Waals surface area contributed by atoms with Gasteiger partial charge in [-0.1, -0.05) is 29.8 Å². The fraction of sp³-hybridized carbons (Fsp3) is 0. The molecule has 0 saturated carbocycles. The van der Waals surface area contributed by atoms with Crippen molar-refractivity contribution in [2.45, 2.75) is 0 Å². The molecular weight excluding hydrogens is 331 g/mol. The van der Waals surface area contributed by atoms with Gasteiger partial charge < -0.3 is 4.42 Å². The van der Waals surface area contributed by atoms with E-state index in [4.69, 9.17) is 16.0 Å². The van der Waals surface area contributed by atoms with Crippen molar-refractivity contribution in [2.75, 3.05) is 0 Å². The van der Waals surface area contributed by atoms with Crippen molar-refractivity contribution in [1.29, 1.82) is 0 Å². The lowest BCUT2D eigenvalue weighted by atomic mass is 10.1. The lowest BCUT2D eigenvalue weighted by Gasteiger charge is -1.99. The third-order valence-corrected chi connectivity index (χ3v) is 3.45. The molecule has 2 aromatic carbocycles. The number of benzene rings is 2. The molecule has 24 heavy (non-hydrogen) atoms. The van der Waals surface area contributed by atoms with Gasteiger partial charge in [0, 0.05) is 10.6 Å². The number of carbonyl (C=O) groups excluding carboxylic acids is 1. The van der Waals surface area contributed by atoms with Gasteiger partial charge in [-0.25, -0.2) is 9.82 Å². The highest BCUT2D eigenvalue weighted by molar-refractivity contribution is 6.30. The van der Waals surface area contributed by atoms with E-state index in [1.165, 1.54) is 18.3 Å². The number of amides is 1. The zero-order chi connectivity index (χ0) is 16.9. The Morgan fingerprint density at radius 2 is 1.96 bits per heavy atom. The molecule has 1 heterocycles. The summed E-state index contributed by atoms with van der Waals surface area (Å²) in [4.78, 5) is 11.9. The van der Waals surface area contributed by atoms with E-state index in [0.29, 0.717) is 27.7 Å². The van der Waals surface area contributed by atoms with Crippen molar-refractivity contribution in [3.05, 3.63) is 82.8 Å². The quantitative estimate of drug-likeness (QED) is 0.560. The number of furan rings is 1. The van der Waals surface area contributed by atoms with Gasteiger partial charge in [0.2, 0.25) is 0 Å². The molecule has 0 spiro atoms. The SMILES string of the molecule is O=C(N/N=C\c1ccc(-c2ccccc2F)o1)c1cccc(Cl)c1. The first-order valence-corrected chi connectivity index (χ1v) is 7.45. The van der Waals surface area contributed by atoms with E-state index >= 15 is 0 Å².